The third-order valence-corrected chi connectivity index (χ3v) is 1.78. The standard InChI is InChI=1S/C8H19NO/c1-3-5-6-7-8(4-2)10-9/h8H,3-7,9H2,1-2H3. The van der Waals surface area contributed by atoms with E-state index in [1.165, 1.54) is 19.3 Å². The first-order valence-electron chi connectivity index (χ1n) is 4.20. The molecule has 1 unspecified atom stereocenters. The molecule has 0 rings (SSSR count). The van der Waals surface area contributed by atoms with Crippen molar-refractivity contribution in [3.05, 3.63) is 0 Å². The van der Waals surface area contributed by atoms with E-state index in [4.69, 9.17) is 10.7 Å². The third kappa shape index (κ3) is 4.77. The van der Waals surface area contributed by atoms with Gasteiger partial charge in [-0.2, -0.15) is 0 Å². The molecule has 0 amide bonds. The van der Waals surface area contributed by atoms with Gasteiger partial charge in [-0.1, -0.05) is 33.1 Å². The van der Waals surface area contributed by atoms with Crippen molar-refractivity contribution in [3.63, 3.8) is 0 Å². The van der Waals surface area contributed by atoms with E-state index in [-0.39, 0.29) is 6.10 Å². The lowest BCUT2D eigenvalue weighted by molar-refractivity contribution is 0.0431. The average Bonchev–Trinajstić information content (AvgIpc) is 1.99. The minimum Gasteiger partial charge on any atom is -0.301 e. The van der Waals surface area contributed by atoms with E-state index in [9.17, 15) is 0 Å². The fraction of sp³-hybridized carbons (Fsp3) is 1.00. The largest absolute Gasteiger partial charge is 0.301 e. The first-order chi connectivity index (χ1) is 4.85. The van der Waals surface area contributed by atoms with E-state index in [1.54, 1.807) is 0 Å². The summed E-state index contributed by atoms with van der Waals surface area (Å²) in [5.41, 5.74) is 0. The van der Waals surface area contributed by atoms with Gasteiger partial charge in [0.15, 0.2) is 0 Å². The van der Waals surface area contributed by atoms with Gasteiger partial charge in [0.05, 0.1) is 6.10 Å². The molecule has 2 nitrogen and oxygen atoms in total. The summed E-state index contributed by atoms with van der Waals surface area (Å²) in [6.45, 7) is 4.30. The Kier molecular flexibility index (Phi) is 6.98. The highest BCUT2D eigenvalue weighted by molar-refractivity contribution is 4.53. The van der Waals surface area contributed by atoms with Crippen LogP contribution in [-0.2, 0) is 4.84 Å². The Bertz CT molecular complexity index is 62.3. The van der Waals surface area contributed by atoms with Crippen molar-refractivity contribution in [2.24, 2.45) is 5.90 Å². The summed E-state index contributed by atoms with van der Waals surface area (Å²) in [6, 6.07) is 0. The molecule has 0 aliphatic heterocycles. The smallest absolute Gasteiger partial charge is 0.0784 e. The molecule has 0 fully saturated rings. The Morgan fingerprint density at radius 3 is 2.40 bits per heavy atom. The first-order valence-corrected chi connectivity index (χ1v) is 4.20. The minimum atomic E-state index is 0.284. The van der Waals surface area contributed by atoms with Crippen molar-refractivity contribution in [2.75, 3.05) is 0 Å². The van der Waals surface area contributed by atoms with Crippen LogP contribution < -0.4 is 5.90 Å². The maximum Gasteiger partial charge on any atom is 0.0784 e. The summed E-state index contributed by atoms with van der Waals surface area (Å²) in [5.74, 6) is 5.07. The van der Waals surface area contributed by atoms with Crippen LogP contribution in [0.4, 0.5) is 0 Å². The van der Waals surface area contributed by atoms with Crippen molar-refractivity contribution in [1.82, 2.24) is 0 Å². The van der Waals surface area contributed by atoms with Gasteiger partial charge in [-0.05, 0) is 12.8 Å². The second kappa shape index (κ2) is 7.03. The number of rotatable bonds is 6. The van der Waals surface area contributed by atoms with E-state index < -0.39 is 0 Å². The van der Waals surface area contributed by atoms with Crippen LogP contribution in [0.3, 0.4) is 0 Å². The van der Waals surface area contributed by atoms with E-state index in [1.807, 2.05) is 0 Å². The molecule has 0 saturated carbocycles. The molecule has 0 spiro atoms. The molecule has 0 aromatic heterocycles. The van der Waals surface area contributed by atoms with Crippen molar-refractivity contribution in [1.29, 1.82) is 0 Å². The predicted octanol–water partition coefficient (Wildman–Crippen LogP) is 2.24. The normalized spacial score (nSPS) is 13.5. The van der Waals surface area contributed by atoms with Crippen LogP contribution in [0.5, 0.6) is 0 Å². The number of nitrogens with two attached hydrogens (primary N) is 1. The zero-order chi connectivity index (χ0) is 7.82. The maximum absolute atomic E-state index is 5.07. The van der Waals surface area contributed by atoms with E-state index in [0.717, 1.165) is 12.8 Å². The summed E-state index contributed by atoms with van der Waals surface area (Å²) in [4.78, 5) is 4.75. The lowest BCUT2D eigenvalue weighted by atomic mass is 10.1. The second-order valence-corrected chi connectivity index (χ2v) is 2.66. The quantitative estimate of drug-likeness (QED) is 0.459. The highest BCUT2D eigenvalue weighted by Gasteiger charge is 2.02. The lowest BCUT2D eigenvalue weighted by Gasteiger charge is -2.10. The highest BCUT2D eigenvalue weighted by Crippen LogP contribution is 2.07. The zero-order valence-corrected chi connectivity index (χ0v) is 7.10. The Morgan fingerprint density at radius 2 is 2.00 bits per heavy atom. The van der Waals surface area contributed by atoms with Crippen LogP contribution in [0.1, 0.15) is 46.0 Å². The monoisotopic (exact) mass is 145 g/mol. The van der Waals surface area contributed by atoms with E-state index in [2.05, 4.69) is 13.8 Å². The van der Waals surface area contributed by atoms with Gasteiger partial charge < -0.3 is 4.84 Å². The van der Waals surface area contributed by atoms with Crippen LogP contribution in [-0.4, -0.2) is 6.10 Å². The summed E-state index contributed by atoms with van der Waals surface area (Å²) in [5, 5.41) is 0. The molecule has 0 radical (unpaired) electrons. The Hall–Kier alpha value is -0.0800. The van der Waals surface area contributed by atoms with Crippen LogP contribution in [0.2, 0.25) is 0 Å². The van der Waals surface area contributed by atoms with Crippen molar-refractivity contribution >= 4 is 0 Å². The Labute approximate surface area is 63.7 Å². The number of hydrogen-bond acceptors (Lipinski definition) is 2. The number of hydrogen-bond donors (Lipinski definition) is 1. The molecule has 2 heteroatoms. The zero-order valence-electron chi connectivity index (χ0n) is 7.10. The number of unbranched alkanes of at least 4 members (excludes halogenated alkanes) is 2. The SMILES string of the molecule is CCCCCC(CC)ON. The second-order valence-electron chi connectivity index (χ2n) is 2.66. The molecule has 0 bridgehead atoms. The van der Waals surface area contributed by atoms with Crippen LogP contribution >= 0.6 is 0 Å². The highest BCUT2D eigenvalue weighted by atomic mass is 16.6. The fourth-order valence-electron chi connectivity index (χ4n) is 0.990. The summed E-state index contributed by atoms with van der Waals surface area (Å²) < 4.78 is 0. The predicted molar refractivity (Wildman–Crippen MR) is 43.5 cm³/mol. The van der Waals surface area contributed by atoms with Crippen molar-refractivity contribution < 1.29 is 4.84 Å². The van der Waals surface area contributed by atoms with Gasteiger partial charge in [0.25, 0.3) is 0 Å². The van der Waals surface area contributed by atoms with Gasteiger partial charge in [-0.25, -0.2) is 5.90 Å². The maximum atomic E-state index is 5.07. The fourth-order valence-corrected chi connectivity index (χ4v) is 0.990. The third-order valence-electron chi connectivity index (χ3n) is 1.78. The van der Waals surface area contributed by atoms with Crippen LogP contribution in [0, 0.1) is 0 Å². The lowest BCUT2D eigenvalue weighted by Crippen LogP contribution is -2.15. The van der Waals surface area contributed by atoms with Gasteiger partial charge in [0.2, 0.25) is 0 Å². The van der Waals surface area contributed by atoms with Gasteiger partial charge >= 0.3 is 0 Å². The molecule has 2 N–H and O–H groups in total. The first kappa shape index (κ1) is 9.92. The van der Waals surface area contributed by atoms with Gasteiger partial charge in [-0.3, -0.25) is 0 Å². The van der Waals surface area contributed by atoms with Gasteiger partial charge in [-0.15, -0.1) is 0 Å². The molecule has 1 atom stereocenters. The Balaban J connectivity index is 3.09. The molecular weight excluding hydrogens is 126 g/mol. The summed E-state index contributed by atoms with van der Waals surface area (Å²) >= 11 is 0. The van der Waals surface area contributed by atoms with Gasteiger partial charge in [0.1, 0.15) is 0 Å². The van der Waals surface area contributed by atoms with Gasteiger partial charge in [0, 0.05) is 0 Å². The average molecular weight is 145 g/mol. The van der Waals surface area contributed by atoms with E-state index >= 15 is 0 Å². The molecule has 10 heavy (non-hydrogen) atoms. The summed E-state index contributed by atoms with van der Waals surface area (Å²) in [7, 11) is 0. The van der Waals surface area contributed by atoms with E-state index in [0.29, 0.717) is 0 Å². The van der Waals surface area contributed by atoms with Crippen LogP contribution in [0.15, 0.2) is 0 Å². The van der Waals surface area contributed by atoms with Crippen LogP contribution in [0.25, 0.3) is 0 Å². The molecule has 0 saturated heterocycles. The molecule has 0 aromatic rings. The molecule has 0 aliphatic rings. The molecule has 62 valence electrons. The minimum absolute atomic E-state index is 0.284. The van der Waals surface area contributed by atoms with Crippen molar-refractivity contribution in [2.45, 2.75) is 52.1 Å². The Morgan fingerprint density at radius 1 is 1.30 bits per heavy atom. The molecule has 0 aliphatic carbocycles. The molecule has 0 heterocycles. The topological polar surface area (TPSA) is 35.2 Å². The molecular formula is C8H19NO. The molecule has 0 aromatic carbocycles. The van der Waals surface area contributed by atoms with Crippen molar-refractivity contribution in [3.8, 4) is 0 Å². The summed E-state index contributed by atoms with van der Waals surface area (Å²) in [6.07, 6.45) is 6.22.